The Kier molecular flexibility index (Phi) is 3.98. The summed E-state index contributed by atoms with van der Waals surface area (Å²) in [5, 5.41) is 0. The van der Waals surface area contributed by atoms with E-state index in [0.717, 1.165) is 24.9 Å². The van der Waals surface area contributed by atoms with E-state index in [-0.39, 0.29) is 5.60 Å². The molecule has 5 heteroatoms. The standard InChI is InChI=1S/C17H22N4O/c1-17(14-7-5-4-6-8-14)13-21(11-12-22-17)15-9-10-18-16(19-15)20(2)3/h4-10H,11-13H2,1-3H3. The average Bonchev–Trinajstić information content (AvgIpc) is 2.56. The van der Waals surface area contributed by atoms with Gasteiger partial charge in [0.1, 0.15) is 11.4 Å². The number of nitrogens with zero attached hydrogens (tertiary/aromatic N) is 4. The molecule has 2 aromatic rings. The molecule has 3 rings (SSSR count). The van der Waals surface area contributed by atoms with Crippen molar-refractivity contribution in [2.75, 3.05) is 43.6 Å². The Labute approximate surface area is 131 Å². The second-order valence-corrected chi connectivity index (χ2v) is 5.98. The Hall–Kier alpha value is -2.14. The van der Waals surface area contributed by atoms with Gasteiger partial charge >= 0.3 is 0 Å². The maximum absolute atomic E-state index is 6.09. The van der Waals surface area contributed by atoms with Gasteiger partial charge in [-0.15, -0.1) is 0 Å². The number of hydrogen-bond acceptors (Lipinski definition) is 5. The molecule has 0 N–H and O–H groups in total. The van der Waals surface area contributed by atoms with Crippen LogP contribution in [0.4, 0.5) is 11.8 Å². The molecule has 1 saturated heterocycles. The van der Waals surface area contributed by atoms with Gasteiger partial charge in [-0.2, -0.15) is 4.98 Å². The summed E-state index contributed by atoms with van der Waals surface area (Å²) in [7, 11) is 3.90. The summed E-state index contributed by atoms with van der Waals surface area (Å²) >= 11 is 0. The molecule has 0 saturated carbocycles. The Morgan fingerprint density at radius 1 is 1.18 bits per heavy atom. The van der Waals surface area contributed by atoms with Crippen LogP contribution in [0.5, 0.6) is 0 Å². The second kappa shape index (κ2) is 5.93. The third-order valence-corrected chi connectivity index (χ3v) is 4.01. The van der Waals surface area contributed by atoms with Crippen molar-refractivity contribution in [3.63, 3.8) is 0 Å². The smallest absolute Gasteiger partial charge is 0.226 e. The lowest BCUT2D eigenvalue weighted by Crippen LogP contribution is -2.48. The Bertz CT molecular complexity index is 632. The van der Waals surface area contributed by atoms with Gasteiger partial charge in [0.2, 0.25) is 5.95 Å². The molecule has 1 aliphatic heterocycles. The molecule has 1 fully saturated rings. The zero-order valence-corrected chi connectivity index (χ0v) is 13.4. The van der Waals surface area contributed by atoms with Crippen molar-refractivity contribution in [1.82, 2.24) is 9.97 Å². The van der Waals surface area contributed by atoms with Crippen molar-refractivity contribution < 1.29 is 4.74 Å². The number of aromatic nitrogens is 2. The molecule has 0 amide bonds. The van der Waals surface area contributed by atoms with Crippen LogP contribution in [0, 0.1) is 0 Å². The topological polar surface area (TPSA) is 41.5 Å². The van der Waals surface area contributed by atoms with Gasteiger partial charge in [0, 0.05) is 26.8 Å². The molecule has 0 bridgehead atoms. The van der Waals surface area contributed by atoms with E-state index < -0.39 is 0 Å². The van der Waals surface area contributed by atoms with E-state index in [0.29, 0.717) is 6.61 Å². The Balaban J connectivity index is 1.86. The lowest BCUT2D eigenvalue weighted by atomic mass is 9.94. The van der Waals surface area contributed by atoms with Gasteiger partial charge < -0.3 is 14.5 Å². The van der Waals surface area contributed by atoms with Crippen LogP contribution < -0.4 is 9.80 Å². The number of hydrogen-bond donors (Lipinski definition) is 0. The van der Waals surface area contributed by atoms with E-state index in [1.165, 1.54) is 5.56 Å². The summed E-state index contributed by atoms with van der Waals surface area (Å²) in [5.41, 5.74) is 0.879. The zero-order chi connectivity index (χ0) is 15.6. The summed E-state index contributed by atoms with van der Waals surface area (Å²) in [6.45, 7) is 4.45. The number of ether oxygens (including phenoxy) is 1. The molecule has 0 radical (unpaired) electrons. The summed E-state index contributed by atoms with van der Waals surface area (Å²) in [4.78, 5) is 13.1. The largest absolute Gasteiger partial charge is 0.367 e. The molecule has 0 aliphatic carbocycles. The molecular weight excluding hydrogens is 276 g/mol. The number of morpholine rings is 1. The summed E-state index contributed by atoms with van der Waals surface area (Å²) < 4.78 is 6.09. The minimum Gasteiger partial charge on any atom is -0.367 e. The molecule has 1 aliphatic rings. The summed E-state index contributed by atoms with van der Waals surface area (Å²) in [6.07, 6.45) is 1.81. The maximum atomic E-state index is 6.09. The van der Waals surface area contributed by atoms with Crippen molar-refractivity contribution in [1.29, 1.82) is 0 Å². The molecule has 22 heavy (non-hydrogen) atoms. The first kappa shape index (κ1) is 14.8. The van der Waals surface area contributed by atoms with Gasteiger partial charge in [0.25, 0.3) is 0 Å². The fourth-order valence-corrected chi connectivity index (χ4v) is 2.76. The third-order valence-electron chi connectivity index (χ3n) is 4.01. The van der Waals surface area contributed by atoms with E-state index in [4.69, 9.17) is 4.74 Å². The normalized spacial score (nSPS) is 21.7. The van der Waals surface area contributed by atoms with Gasteiger partial charge in [-0.1, -0.05) is 30.3 Å². The van der Waals surface area contributed by atoms with Crippen LogP contribution in [-0.2, 0) is 10.3 Å². The van der Waals surface area contributed by atoms with Gasteiger partial charge in [0.05, 0.1) is 13.2 Å². The third kappa shape index (κ3) is 2.90. The van der Waals surface area contributed by atoms with Gasteiger partial charge in [-0.3, -0.25) is 0 Å². The lowest BCUT2D eigenvalue weighted by molar-refractivity contribution is -0.0468. The van der Waals surface area contributed by atoms with E-state index in [9.17, 15) is 0 Å². The number of anilines is 2. The minimum absolute atomic E-state index is 0.317. The molecule has 1 aromatic carbocycles. The highest BCUT2D eigenvalue weighted by Crippen LogP contribution is 2.31. The van der Waals surface area contributed by atoms with Crippen molar-refractivity contribution in [3.8, 4) is 0 Å². The quantitative estimate of drug-likeness (QED) is 0.869. The average molecular weight is 298 g/mol. The molecule has 0 spiro atoms. The molecular formula is C17H22N4O. The highest BCUT2D eigenvalue weighted by Gasteiger charge is 2.34. The van der Waals surface area contributed by atoms with Crippen LogP contribution in [0.3, 0.4) is 0 Å². The molecule has 116 valence electrons. The number of rotatable bonds is 3. The van der Waals surface area contributed by atoms with Crippen LogP contribution in [0.2, 0.25) is 0 Å². The molecule has 1 unspecified atom stereocenters. The molecule has 1 atom stereocenters. The van der Waals surface area contributed by atoms with Crippen LogP contribution in [0.15, 0.2) is 42.6 Å². The molecule has 5 nitrogen and oxygen atoms in total. The van der Waals surface area contributed by atoms with Gasteiger partial charge in [0.15, 0.2) is 0 Å². The zero-order valence-electron chi connectivity index (χ0n) is 13.4. The first-order valence-corrected chi connectivity index (χ1v) is 7.53. The lowest BCUT2D eigenvalue weighted by Gasteiger charge is -2.41. The van der Waals surface area contributed by atoms with Crippen molar-refractivity contribution in [2.24, 2.45) is 0 Å². The summed E-state index contributed by atoms with van der Waals surface area (Å²) in [6, 6.07) is 12.3. The fraction of sp³-hybridized carbons (Fsp3) is 0.412. The van der Waals surface area contributed by atoms with Crippen LogP contribution in [0.25, 0.3) is 0 Å². The highest BCUT2D eigenvalue weighted by atomic mass is 16.5. The van der Waals surface area contributed by atoms with E-state index in [1.54, 1.807) is 0 Å². The van der Waals surface area contributed by atoms with Gasteiger partial charge in [-0.25, -0.2) is 4.98 Å². The predicted molar refractivity (Wildman–Crippen MR) is 88.3 cm³/mol. The highest BCUT2D eigenvalue weighted by molar-refractivity contribution is 5.44. The fourth-order valence-electron chi connectivity index (χ4n) is 2.76. The summed E-state index contributed by atoms with van der Waals surface area (Å²) in [5.74, 6) is 1.68. The minimum atomic E-state index is -0.317. The van der Waals surface area contributed by atoms with E-state index in [2.05, 4.69) is 46.1 Å². The Morgan fingerprint density at radius 2 is 1.95 bits per heavy atom. The Morgan fingerprint density at radius 3 is 2.68 bits per heavy atom. The maximum Gasteiger partial charge on any atom is 0.226 e. The van der Waals surface area contributed by atoms with E-state index in [1.807, 2.05) is 37.3 Å². The molecule has 2 heterocycles. The van der Waals surface area contributed by atoms with Crippen molar-refractivity contribution in [3.05, 3.63) is 48.2 Å². The van der Waals surface area contributed by atoms with Crippen molar-refractivity contribution >= 4 is 11.8 Å². The first-order valence-electron chi connectivity index (χ1n) is 7.53. The van der Waals surface area contributed by atoms with Crippen LogP contribution in [0.1, 0.15) is 12.5 Å². The second-order valence-electron chi connectivity index (χ2n) is 5.98. The van der Waals surface area contributed by atoms with Crippen LogP contribution >= 0.6 is 0 Å². The monoisotopic (exact) mass is 298 g/mol. The predicted octanol–water partition coefficient (Wildman–Crippen LogP) is 2.29. The number of benzene rings is 1. The van der Waals surface area contributed by atoms with Gasteiger partial charge in [-0.05, 0) is 18.6 Å². The SMILES string of the molecule is CN(C)c1nccc(N2CCOC(C)(c3ccccc3)C2)n1. The van der Waals surface area contributed by atoms with Crippen LogP contribution in [-0.4, -0.2) is 43.8 Å². The van der Waals surface area contributed by atoms with Crippen molar-refractivity contribution in [2.45, 2.75) is 12.5 Å². The van der Waals surface area contributed by atoms with E-state index >= 15 is 0 Å². The first-order chi connectivity index (χ1) is 10.6. The molecule has 1 aromatic heterocycles.